The highest BCUT2D eigenvalue weighted by molar-refractivity contribution is 5.96. The molecule has 134 valence electrons. The summed E-state index contributed by atoms with van der Waals surface area (Å²) in [6.45, 7) is 0.450. The van der Waals surface area contributed by atoms with E-state index in [-0.39, 0.29) is 5.91 Å². The van der Waals surface area contributed by atoms with Crippen LogP contribution in [-0.2, 0) is 6.42 Å². The second-order valence-electron chi connectivity index (χ2n) is 5.58. The largest absolute Gasteiger partial charge is 0.497 e. The number of methoxy groups -OCH3 is 2. The summed E-state index contributed by atoms with van der Waals surface area (Å²) in [6.07, 6.45) is 2.18. The molecule has 1 amide bonds. The van der Waals surface area contributed by atoms with E-state index in [9.17, 15) is 4.79 Å². The lowest BCUT2D eigenvalue weighted by molar-refractivity contribution is 0.0951. The number of ether oxygens (including phenoxy) is 2. The Morgan fingerprint density at radius 1 is 1.08 bits per heavy atom. The molecule has 0 bridgehead atoms. The Balaban J connectivity index is 1.57. The Kier molecular flexibility index (Phi) is 5.53. The molecule has 0 radical (unpaired) electrons. The Bertz CT molecular complexity index is 872. The van der Waals surface area contributed by atoms with E-state index in [4.69, 9.17) is 13.9 Å². The van der Waals surface area contributed by atoms with Crippen LogP contribution in [0.1, 0.15) is 16.1 Å². The molecule has 6 nitrogen and oxygen atoms in total. The van der Waals surface area contributed by atoms with Gasteiger partial charge in [-0.15, -0.1) is 0 Å². The van der Waals surface area contributed by atoms with Crippen molar-refractivity contribution in [3.8, 4) is 23.0 Å². The number of nitrogens with zero attached hydrogens (tertiary/aromatic N) is 1. The molecule has 3 rings (SSSR count). The van der Waals surface area contributed by atoms with Crippen molar-refractivity contribution < 1.29 is 18.7 Å². The molecule has 0 fully saturated rings. The lowest BCUT2D eigenvalue weighted by atomic mass is 10.2. The van der Waals surface area contributed by atoms with Gasteiger partial charge in [0, 0.05) is 18.5 Å². The van der Waals surface area contributed by atoms with E-state index < -0.39 is 0 Å². The molecule has 1 heterocycles. The van der Waals surface area contributed by atoms with Crippen LogP contribution in [0.2, 0.25) is 0 Å². The van der Waals surface area contributed by atoms with Crippen molar-refractivity contribution >= 4 is 5.91 Å². The Morgan fingerprint density at radius 3 is 2.58 bits per heavy atom. The van der Waals surface area contributed by atoms with Gasteiger partial charge in [0.2, 0.25) is 5.89 Å². The number of carbonyl (C=O) groups excluding carboxylic acids is 1. The van der Waals surface area contributed by atoms with E-state index in [0.29, 0.717) is 30.2 Å². The second kappa shape index (κ2) is 8.20. The summed E-state index contributed by atoms with van der Waals surface area (Å²) < 4.78 is 15.9. The zero-order valence-electron chi connectivity index (χ0n) is 14.7. The van der Waals surface area contributed by atoms with Crippen LogP contribution in [0.5, 0.6) is 11.5 Å². The van der Waals surface area contributed by atoms with E-state index in [2.05, 4.69) is 10.3 Å². The van der Waals surface area contributed by atoms with Gasteiger partial charge in [0.05, 0.1) is 25.5 Å². The summed E-state index contributed by atoms with van der Waals surface area (Å²) in [7, 11) is 3.17. The van der Waals surface area contributed by atoms with Gasteiger partial charge in [0.1, 0.15) is 17.8 Å². The number of nitrogens with one attached hydrogen (secondary N) is 1. The Morgan fingerprint density at radius 2 is 1.85 bits per heavy atom. The Labute approximate surface area is 151 Å². The highest BCUT2D eigenvalue weighted by Crippen LogP contribution is 2.22. The van der Waals surface area contributed by atoms with Crippen molar-refractivity contribution in [1.82, 2.24) is 10.3 Å². The molecular weight excluding hydrogens is 332 g/mol. The van der Waals surface area contributed by atoms with Crippen LogP contribution in [0, 0.1) is 0 Å². The van der Waals surface area contributed by atoms with Crippen LogP contribution in [0.4, 0.5) is 0 Å². The highest BCUT2D eigenvalue weighted by atomic mass is 16.5. The average Bonchev–Trinajstić information content (AvgIpc) is 3.16. The minimum absolute atomic E-state index is 0.179. The molecule has 0 aliphatic rings. The van der Waals surface area contributed by atoms with Crippen molar-refractivity contribution in [3.05, 3.63) is 66.1 Å². The third-order valence-corrected chi connectivity index (χ3v) is 3.91. The highest BCUT2D eigenvalue weighted by Gasteiger charge is 2.12. The van der Waals surface area contributed by atoms with Crippen LogP contribution in [0.3, 0.4) is 0 Å². The van der Waals surface area contributed by atoms with Crippen LogP contribution in [0.15, 0.2) is 59.2 Å². The molecule has 6 heteroatoms. The van der Waals surface area contributed by atoms with E-state index in [1.807, 2.05) is 30.3 Å². The van der Waals surface area contributed by atoms with Gasteiger partial charge >= 0.3 is 0 Å². The number of oxazole rings is 1. The summed E-state index contributed by atoms with van der Waals surface area (Å²) in [6, 6.07) is 14.6. The summed E-state index contributed by atoms with van der Waals surface area (Å²) in [5.74, 6) is 1.69. The van der Waals surface area contributed by atoms with E-state index in [1.165, 1.54) is 0 Å². The van der Waals surface area contributed by atoms with Gasteiger partial charge in [-0.25, -0.2) is 4.98 Å². The minimum Gasteiger partial charge on any atom is -0.497 e. The first-order valence-electron chi connectivity index (χ1n) is 8.21. The predicted octanol–water partition coefficient (Wildman–Crippen LogP) is 3.33. The van der Waals surface area contributed by atoms with Crippen LogP contribution in [-0.4, -0.2) is 31.7 Å². The summed E-state index contributed by atoms with van der Waals surface area (Å²) in [5.41, 5.74) is 2.15. The van der Waals surface area contributed by atoms with Crippen LogP contribution >= 0.6 is 0 Å². The summed E-state index contributed by atoms with van der Waals surface area (Å²) in [5, 5.41) is 2.87. The van der Waals surface area contributed by atoms with E-state index in [0.717, 1.165) is 17.0 Å². The van der Waals surface area contributed by atoms with Gasteiger partial charge in [-0.3, -0.25) is 4.79 Å². The quantitative estimate of drug-likeness (QED) is 0.706. The first-order chi connectivity index (χ1) is 12.7. The Hall–Kier alpha value is -3.28. The molecule has 0 saturated carbocycles. The summed E-state index contributed by atoms with van der Waals surface area (Å²) in [4.78, 5) is 16.7. The van der Waals surface area contributed by atoms with Gasteiger partial charge in [0.25, 0.3) is 5.91 Å². The smallest absolute Gasteiger partial charge is 0.255 e. The predicted molar refractivity (Wildman–Crippen MR) is 97.5 cm³/mol. The van der Waals surface area contributed by atoms with Crippen molar-refractivity contribution in [2.75, 3.05) is 20.8 Å². The molecule has 0 aliphatic heterocycles. The van der Waals surface area contributed by atoms with Gasteiger partial charge in [0.15, 0.2) is 0 Å². The topological polar surface area (TPSA) is 73.6 Å². The third kappa shape index (κ3) is 4.03. The monoisotopic (exact) mass is 352 g/mol. The molecule has 2 aromatic carbocycles. The zero-order chi connectivity index (χ0) is 18.4. The normalized spacial score (nSPS) is 10.4. The molecule has 1 N–H and O–H groups in total. The van der Waals surface area contributed by atoms with Crippen molar-refractivity contribution in [2.24, 2.45) is 0 Å². The fourth-order valence-corrected chi connectivity index (χ4v) is 2.52. The lowest BCUT2D eigenvalue weighted by Gasteiger charge is -2.08. The maximum Gasteiger partial charge on any atom is 0.255 e. The minimum atomic E-state index is -0.179. The molecule has 1 aromatic heterocycles. The molecular formula is C20H20N2O4. The number of benzene rings is 2. The maximum atomic E-state index is 12.3. The number of hydrogen-bond acceptors (Lipinski definition) is 5. The number of para-hydroxylation sites is 1. The van der Waals surface area contributed by atoms with Crippen molar-refractivity contribution in [1.29, 1.82) is 0 Å². The molecule has 3 aromatic rings. The fourth-order valence-electron chi connectivity index (χ4n) is 2.52. The number of carbonyl (C=O) groups is 1. The van der Waals surface area contributed by atoms with Gasteiger partial charge in [-0.1, -0.05) is 12.1 Å². The zero-order valence-corrected chi connectivity index (χ0v) is 14.7. The SMILES string of the molecule is COc1ccc(-c2nc(CCNC(=O)c3ccccc3OC)co2)cc1. The molecule has 0 unspecified atom stereocenters. The number of rotatable bonds is 7. The van der Waals surface area contributed by atoms with Gasteiger partial charge < -0.3 is 19.2 Å². The third-order valence-electron chi connectivity index (χ3n) is 3.91. The van der Waals surface area contributed by atoms with Crippen LogP contribution < -0.4 is 14.8 Å². The lowest BCUT2D eigenvalue weighted by Crippen LogP contribution is -2.26. The molecule has 0 atom stereocenters. The molecule has 26 heavy (non-hydrogen) atoms. The summed E-state index contributed by atoms with van der Waals surface area (Å²) >= 11 is 0. The fraction of sp³-hybridized carbons (Fsp3) is 0.200. The second-order valence-corrected chi connectivity index (χ2v) is 5.58. The molecule has 0 aliphatic carbocycles. The van der Waals surface area contributed by atoms with E-state index >= 15 is 0 Å². The number of aromatic nitrogens is 1. The van der Waals surface area contributed by atoms with E-state index in [1.54, 1.807) is 38.7 Å². The first kappa shape index (κ1) is 17.5. The first-order valence-corrected chi connectivity index (χ1v) is 8.21. The van der Waals surface area contributed by atoms with Gasteiger partial charge in [-0.2, -0.15) is 0 Å². The van der Waals surface area contributed by atoms with Crippen molar-refractivity contribution in [3.63, 3.8) is 0 Å². The number of amides is 1. The molecule has 0 spiro atoms. The van der Waals surface area contributed by atoms with Crippen molar-refractivity contribution in [2.45, 2.75) is 6.42 Å². The standard InChI is InChI=1S/C20H20N2O4/c1-24-16-9-7-14(8-10-16)20-22-15(13-26-20)11-12-21-19(23)17-5-3-4-6-18(17)25-2/h3-10,13H,11-12H2,1-2H3,(H,21,23). The van der Waals surface area contributed by atoms with Crippen LogP contribution in [0.25, 0.3) is 11.5 Å². The average molecular weight is 352 g/mol. The number of hydrogen-bond donors (Lipinski definition) is 1. The van der Waals surface area contributed by atoms with Gasteiger partial charge in [-0.05, 0) is 36.4 Å². The molecule has 0 saturated heterocycles. The maximum absolute atomic E-state index is 12.3.